The highest BCUT2D eigenvalue weighted by Crippen LogP contribution is 2.45. The van der Waals surface area contributed by atoms with E-state index in [0.29, 0.717) is 6.61 Å². The van der Waals surface area contributed by atoms with Crippen LogP contribution in [-0.2, 0) is 16.9 Å². The third kappa shape index (κ3) is 1.74. The highest BCUT2D eigenvalue weighted by atomic mass is 16.5. The average molecular weight is 279 g/mol. The Hall–Kier alpha value is -2.13. The van der Waals surface area contributed by atoms with Crippen LogP contribution in [0.3, 0.4) is 0 Å². The van der Waals surface area contributed by atoms with Gasteiger partial charge in [0.1, 0.15) is 0 Å². The van der Waals surface area contributed by atoms with Crippen LogP contribution in [0.4, 0.5) is 0 Å². The van der Waals surface area contributed by atoms with Crippen LogP contribution >= 0.6 is 0 Å². The van der Waals surface area contributed by atoms with Crippen molar-refractivity contribution in [2.24, 2.45) is 0 Å². The zero-order valence-corrected chi connectivity index (χ0v) is 12.0. The van der Waals surface area contributed by atoms with Crippen molar-refractivity contribution < 1.29 is 9.53 Å². The fraction of sp³-hybridized carbons (Fsp3) is 0.278. The monoisotopic (exact) mass is 279 g/mol. The first-order chi connectivity index (χ1) is 10.2. The second kappa shape index (κ2) is 4.43. The Balaban J connectivity index is 1.70. The molecule has 0 unspecified atom stereocenters. The summed E-state index contributed by atoms with van der Waals surface area (Å²) in [5.41, 5.74) is 2.40. The Bertz CT molecular complexity index is 697. The van der Waals surface area contributed by atoms with Crippen LogP contribution in [0.5, 0.6) is 0 Å². The van der Waals surface area contributed by atoms with Gasteiger partial charge in [-0.3, -0.25) is 4.79 Å². The lowest BCUT2D eigenvalue weighted by Gasteiger charge is -2.30. The van der Waals surface area contributed by atoms with Crippen LogP contribution in [-0.4, -0.2) is 23.5 Å². The minimum Gasteiger partial charge on any atom is -0.349 e. The second-order valence-corrected chi connectivity index (χ2v) is 5.86. The molecule has 2 aromatic carbocycles. The maximum atomic E-state index is 12.7. The molecule has 2 atom stereocenters. The highest BCUT2D eigenvalue weighted by Gasteiger charge is 2.54. The predicted octanol–water partition coefficient (Wildman–Crippen LogP) is 2.96. The van der Waals surface area contributed by atoms with Crippen molar-refractivity contribution in [1.82, 2.24) is 4.90 Å². The van der Waals surface area contributed by atoms with Crippen LogP contribution in [0.25, 0.3) is 0 Å². The molecule has 2 heterocycles. The lowest BCUT2D eigenvalue weighted by atomic mass is 10.0. The van der Waals surface area contributed by atoms with E-state index in [1.165, 1.54) is 5.56 Å². The van der Waals surface area contributed by atoms with E-state index in [4.69, 9.17) is 4.74 Å². The molecule has 3 heteroatoms. The van der Waals surface area contributed by atoms with E-state index in [-0.39, 0.29) is 11.9 Å². The van der Waals surface area contributed by atoms with Gasteiger partial charge in [0.25, 0.3) is 5.91 Å². The molecule has 2 aliphatic heterocycles. The van der Waals surface area contributed by atoms with Crippen molar-refractivity contribution in [2.45, 2.75) is 25.1 Å². The first-order valence-corrected chi connectivity index (χ1v) is 7.31. The zero-order valence-electron chi connectivity index (χ0n) is 12.0. The Morgan fingerprint density at radius 3 is 2.67 bits per heavy atom. The van der Waals surface area contributed by atoms with Gasteiger partial charge in [-0.05, 0) is 25.0 Å². The molecule has 1 saturated heterocycles. The number of carbonyl (C=O) groups excluding carboxylic acids is 1. The normalized spacial score (nSPS) is 26.8. The maximum absolute atomic E-state index is 12.7. The number of nitrogens with zero attached hydrogens (tertiary/aromatic N) is 1. The fourth-order valence-corrected chi connectivity index (χ4v) is 3.56. The van der Waals surface area contributed by atoms with E-state index in [1.54, 1.807) is 0 Å². The van der Waals surface area contributed by atoms with Crippen LogP contribution in [0.15, 0.2) is 54.6 Å². The Morgan fingerprint density at radius 1 is 1.14 bits per heavy atom. The molecule has 3 nitrogen and oxygen atoms in total. The van der Waals surface area contributed by atoms with Crippen LogP contribution in [0, 0.1) is 0 Å². The van der Waals surface area contributed by atoms with Gasteiger partial charge in [0.15, 0.2) is 5.72 Å². The quantitative estimate of drug-likeness (QED) is 0.846. The molecule has 1 fully saturated rings. The Kier molecular flexibility index (Phi) is 2.66. The number of hydrogen-bond donors (Lipinski definition) is 0. The van der Waals surface area contributed by atoms with Gasteiger partial charge < -0.3 is 9.64 Å². The molecule has 0 radical (unpaired) electrons. The van der Waals surface area contributed by atoms with Gasteiger partial charge in [0.2, 0.25) is 0 Å². The van der Waals surface area contributed by atoms with E-state index in [2.05, 4.69) is 12.1 Å². The molecule has 0 aromatic heterocycles. The van der Waals surface area contributed by atoms with Crippen molar-refractivity contribution in [1.29, 1.82) is 0 Å². The summed E-state index contributed by atoms with van der Waals surface area (Å²) in [5.74, 6) is 0.0894. The smallest absolute Gasteiger partial charge is 0.257 e. The summed E-state index contributed by atoms with van der Waals surface area (Å²) in [6.45, 7) is 2.59. The molecular formula is C18H17NO2. The lowest BCUT2D eigenvalue weighted by Crippen LogP contribution is -2.42. The van der Waals surface area contributed by atoms with Crippen LogP contribution in [0.2, 0.25) is 0 Å². The maximum Gasteiger partial charge on any atom is 0.257 e. The van der Waals surface area contributed by atoms with E-state index in [0.717, 1.165) is 17.5 Å². The number of hydrogen-bond acceptors (Lipinski definition) is 2. The minimum absolute atomic E-state index is 0.0894. The molecule has 0 saturated carbocycles. The summed E-state index contributed by atoms with van der Waals surface area (Å²) in [6.07, 6.45) is 0.830. The number of benzene rings is 2. The zero-order chi connectivity index (χ0) is 14.4. The minimum atomic E-state index is -0.604. The molecule has 0 bridgehead atoms. The molecule has 2 aliphatic rings. The van der Waals surface area contributed by atoms with E-state index >= 15 is 0 Å². The van der Waals surface area contributed by atoms with Gasteiger partial charge in [-0.1, -0.05) is 48.5 Å². The number of fused-ring (bicyclic) bond motifs is 3. The summed E-state index contributed by atoms with van der Waals surface area (Å²) < 4.78 is 6.05. The summed E-state index contributed by atoms with van der Waals surface area (Å²) in [5, 5.41) is 0. The molecule has 0 spiro atoms. The van der Waals surface area contributed by atoms with Gasteiger partial charge in [0, 0.05) is 11.1 Å². The van der Waals surface area contributed by atoms with Gasteiger partial charge in [-0.25, -0.2) is 0 Å². The Labute approximate surface area is 124 Å². The lowest BCUT2D eigenvalue weighted by molar-refractivity contribution is -0.0510. The third-order valence-electron chi connectivity index (χ3n) is 4.57. The van der Waals surface area contributed by atoms with Gasteiger partial charge in [-0.15, -0.1) is 0 Å². The molecule has 21 heavy (non-hydrogen) atoms. The number of carbonyl (C=O) groups is 1. The molecule has 0 N–H and O–H groups in total. The molecule has 1 amide bonds. The summed E-state index contributed by atoms with van der Waals surface area (Å²) in [7, 11) is 0. The predicted molar refractivity (Wildman–Crippen MR) is 79.8 cm³/mol. The molecule has 106 valence electrons. The largest absolute Gasteiger partial charge is 0.349 e. The second-order valence-electron chi connectivity index (χ2n) is 5.86. The van der Waals surface area contributed by atoms with Crippen molar-refractivity contribution in [3.05, 3.63) is 71.3 Å². The SMILES string of the molecule is C[C@@]12OC[C@@H](Cc3ccccc3)N1C(=O)c1ccccc12. The summed E-state index contributed by atoms with van der Waals surface area (Å²) in [6, 6.07) is 18.1. The summed E-state index contributed by atoms with van der Waals surface area (Å²) in [4.78, 5) is 14.7. The molecular weight excluding hydrogens is 262 g/mol. The Morgan fingerprint density at radius 2 is 1.86 bits per heavy atom. The van der Waals surface area contributed by atoms with Gasteiger partial charge in [0.05, 0.1) is 12.6 Å². The standard InChI is InChI=1S/C18H17NO2/c1-18-16-10-6-5-9-15(16)17(20)19(18)14(12-21-18)11-13-7-3-2-4-8-13/h2-10,14H,11-12H2,1H3/t14-,18+/m1/s1. The van der Waals surface area contributed by atoms with Gasteiger partial charge in [-0.2, -0.15) is 0 Å². The third-order valence-corrected chi connectivity index (χ3v) is 4.57. The van der Waals surface area contributed by atoms with Crippen molar-refractivity contribution in [2.75, 3.05) is 6.61 Å². The first kappa shape index (κ1) is 12.6. The first-order valence-electron chi connectivity index (χ1n) is 7.31. The molecule has 2 aromatic rings. The fourth-order valence-electron chi connectivity index (χ4n) is 3.56. The molecule has 0 aliphatic carbocycles. The number of ether oxygens (including phenoxy) is 1. The van der Waals surface area contributed by atoms with E-state index < -0.39 is 5.72 Å². The number of amides is 1. The van der Waals surface area contributed by atoms with Gasteiger partial charge >= 0.3 is 0 Å². The van der Waals surface area contributed by atoms with Crippen LogP contribution < -0.4 is 0 Å². The topological polar surface area (TPSA) is 29.5 Å². The van der Waals surface area contributed by atoms with E-state index in [1.807, 2.05) is 54.3 Å². The van der Waals surface area contributed by atoms with Crippen molar-refractivity contribution in [3.8, 4) is 0 Å². The summed E-state index contributed by atoms with van der Waals surface area (Å²) >= 11 is 0. The number of rotatable bonds is 2. The van der Waals surface area contributed by atoms with E-state index in [9.17, 15) is 4.79 Å². The van der Waals surface area contributed by atoms with Crippen molar-refractivity contribution >= 4 is 5.91 Å². The van der Waals surface area contributed by atoms with Crippen LogP contribution in [0.1, 0.15) is 28.4 Å². The van der Waals surface area contributed by atoms with Crippen molar-refractivity contribution in [3.63, 3.8) is 0 Å². The average Bonchev–Trinajstić information content (AvgIpc) is 2.95. The highest BCUT2D eigenvalue weighted by molar-refractivity contribution is 6.00. The molecule has 4 rings (SSSR count).